The minimum atomic E-state index is 0.166. The van der Waals surface area contributed by atoms with Gasteiger partial charge in [0.05, 0.1) is 11.1 Å². The van der Waals surface area contributed by atoms with Gasteiger partial charge in [-0.1, -0.05) is 18.5 Å². The van der Waals surface area contributed by atoms with Gasteiger partial charge in [0.25, 0.3) is 0 Å². The van der Waals surface area contributed by atoms with Crippen molar-refractivity contribution < 1.29 is 0 Å². The molecule has 0 spiro atoms. The zero-order chi connectivity index (χ0) is 13.0. The second-order valence-electron chi connectivity index (χ2n) is 4.23. The van der Waals surface area contributed by atoms with Crippen LogP contribution in [0.2, 0.25) is 5.02 Å². The lowest BCUT2D eigenvalue weighted by atomic mass is 10.1. The summed E-state index contributed by atoms with van der Waals surface area (Å²) >= 11 is 8.07. The minimum absolute atomic E-state index is 0.166. The molecule has 1 unspecified atom stereocenters. The molecule has 2 nitrogen and oxygen atoms in total. The number of nitrogens with one attached hydrogen (secondary N) is 1. The first kappa shape index (κ1) is 13.5. The third-order valence-corrected chi connectivity index (χ3v) is 4.14. The summed E-state index contributed by atoms with van der Waals surface area (Å²) < 4.78 is 0. The van der Waals surface area contributed by atoms with Crippen LogP contribution in [0.25, 0.3) is 0 Å². The molecule has 0 aliphatic rings. The van der Waals surface area contributed by atoms with Crippen molar-refractivity contribution in [2.75, 3.05) is 6.54 Å². The molecule has 1 N–H and O–H groups in total. The van der Waals surface area contributed by atoms with E-state index in [1.807, 2.05) is 17.4 Å². The maximum atomic E-state index is 6.26. The molecule has 0 saturated heterocycles. The number of thiophene rings is 1. The Morgan fingerprint density at radius 1 is 1.39 bits per heavy atom. The average molecular weight is 281 g/mol. The number of pyridine rings is 1. The SMILES string of the molecule is CCCNC(c1ccc(C)s1)c1ccncc1Cl. The smallest absolute Gasteiger partial charge is 0.0686 e. The Bertz CT molecular complexity index is 510. The van der Waals surface area contributed by atoms with Crippen molar-refractivity contribution in [3.63, 3.8) is 0 Å². The first-order valence-electron chi connectivity index (χ1n) is 6.11. The lowest BCUT2D eigenvalue weighted by Crippen LogP contribution is -2.22. The van der Waals surface area contributed by atoms with Crippen molar-refractivity contribution in [3.8, 4) is 0 Å². The van der Waals surface area contributed by atoms with Crippen LogP contribution in [0.5, 0.6) is 0 Å². The highest BCUT2D eigenvalue weighted by Crippen LogP contribution is 2.31. The monoisotopic (exact) mass is 280 g/mol. The molecule has 0 radical (unpaired) electrons. The van der Waals surface area contributed by atoms with Crippen LogP contribution < -0.4 is 5.32 Å². The van der Waals surface area contributed by atoms with E-state index in [-0.39, 0.29) is 6.04 Å². The van der Waals surface area contributed by atoms with E-state index in [1.165, 1.54) is 9.75 Å². The van der Waals surface area contributed by atoms with E-state index in [2.05, 4.69) is 36.3 Å². The van der Waals surface area contributed by atoms with Crippen LogP contribution in [-0.4, -0.2) is 11.5 Å². The number of hydrogen-bond donors (Lipinski definition) is 1. The summed E-state index contributed by atoms with van der Waals surface area (Å²) in [5.41, 5.74) is 1.10. The summed E-state index contributed by atoms with van der Waals surface area (Å²) in [5.74, 6) is 0. The Hall–Kier alpha value is -0.900. The molecule has 2 heterocycles. The molecule has 2 rings (SSSR count). The van der Waals surface area contributed by atoms with E-state index < -0.39 is 0 Å². The fraction of sp³-hybridized carbons (Fsp3) is 0.357. The third-order valence-electron chi connectivity index (χ3n) is 2.76. The molecule has 2 aromatic heterocycles. The predicted molar refractivity (Wildman–Crippen MR) is 78.4 cm³/mol. The van der Waals surface area contributed by atoms with Crippen molar-refractivity contribution in [2.24, 2.45) is 0 Å². The van der Waals surface area contributed by atoms with E-state index in [4.69, 9.17) is 11.6 Å². The molecular formula is C14H17ClN2S. The maximum absolute atomic E-state index is 6.26. The number of aromatic nitrogens is 1. The fourth-order valence-electron chi connectivity index (χ4n) is 1.88. The molecule has 0 aliphatic heterocycles. The highest BCUT2D eigenvalue weighted by Gasteiger charge is 2.17. The number of nitrogens with zero attached hydrogens (tertiary/aromatic N) is 1. The van der Waals surface area contributed by atoms with Crippen molar-refractivity contribution in [1.82, 2.24) is 10.3 Å². The summed E-state index contributed by atoms with van der Waals surface area (Å²) in [6.07, 6.45) is 4.60. The third kappa shape index (κ3) is 3.10. The first-order chi connectivity index (χ1) is 8.72. The summed E-state index contributed by atoms with van der Waals surface area (Å²) in [5, 5.41) is 4.27. The average Bonchev–Trinajstić information content (AvgIpc) is 2.78. The van der Waals surface area contributed by atoms with Crippen LogP contribution in [0.1, 0.15) is 34.7 Å². The molecule has 0 saturated carbocycles. The number of aryl methyl sites for hydroxylation is 1. The van der Waals surface area contributed by atoms with Crippen LogP contribution in [0.4, 0.5) is 0 Å². The Morgan fingerprint density at radius 3 is 2.83 bits per heavy atom. The van der Waals surface area contributed by atoms with Gasteiger partial charge < -0.3 is 5.32 Å². The number of halogens is 1. The van der Waals surface area contributed by atoms with E-state index in [1.54, 1.807) is 12.4 Å². The van der Waals surface area contributed by atoms with E-state index >= 15 is 0 Å². The molecule has 0 fully saturated rings. The van der Waals surface area contributed by atoms with Crippen molar-refractivity contribution in [3.05, 3.63) is 50.9 Å². The van der Waals surface area contributed by atoms with Gasteiger partial charge in [0.15, 0.2) is 0 Å². The predicted octanol–water partition coefficient (Wildman–Crippen LogP) is 4.19. The zero-order valence-electron chi connectivity index (χ0n) is 10.6. The summed E-state index contributed by atoms with van der Waals surface area (Å²) in [4.78, 5) is 6.67. The van der Waals surface area contributed by atoms with Gasteiger partial charge in [0.1, 0.15) is 0 Å². The van der Waals surface area contributed by atoms with Gasteiger partial charge in [-0.3, -0.25) is 4.98 Å². The maximum Gasteiger partial charge on any atom is 0.0686 e. The second kappa shape index (κ2) is 6.32. The molecule has 1 atom stereocenters. The quantitative estimate of drug-likeness (QED) is 0.888. The molecule has 4 heteroatoms. The van der Waals surface area contributed by atoms with Gasteiger partial charge in [-0.25, -0.2) is 0 Å². The van der Waals surface area contributed by atoms with Crippen molar-refractivity contribution in [1.29, 1.82) is 0 Å². The molecule has 0 aromatic carbocycles. The second-order valence-corrected chi connectivity index (χ2v) is 5.96. The van der Waals surface area contributed by atoms with E-state index in [0.717, 1.165) is 23.6 Å². The molecule has 0 bridgehead atoms. The van der Waals surface area contributed by atoms with Gasteiger partial charge in [-0.05, 0) is 43.7 Å². The fourth-order valence-corrected chi connectivity index (χ4v) is 3.08. The first-order valence-corrected chi connectivity index (χ1v) is 7.31. The molecule has 96 valence electrons. The summed E-state index contributed by atoms with van der Waals surface area (Å²) in [6, 6.07) is 6.48. The molecule has 0 amide bonds. The van der Waals surface area contributed by atoms with Gasteiger partial charge in [0, 0.05) is 22.1 Å². The summed E-state index contributed by atoms with van der Waals surface area (Å²) in [7, 11) is 0. The summed E-state index contributed by atoms with van der Waals surface area (Å²) in [6.45, 7) is 5.26. The van der Waals surface area contributed by atoms with Crippen LogP contribution in [0.3, 0.4) is 0 Å². The van der Waals surface area contributed by atoms with Crippen LogP contribution in [0, 0.1) is 6.92 Å². The minimum Gasteiger partial charge on any atom is -0.306 e. The molecule has 0 aliphatic carbocycles. The van der Waals surface area contributed by atoms with Crippen LogP contribution in [-0.2, 0) is 0 Å². The lowest BCUT2D eigenvalue weighted by molar-refractivity contribution is 0.605. The highest BCUT2D eigenvalue weighted by molar-refractivity contribution is 7.12. The van der Waals surface area contributed by atoms with Crippen LogP contribution in [0.15, 0.2) is 30.6 Å². The Morgan fingerprint density at radius 2 is 2.22 bits per heavy atom. The lowest BCUT2D eigenvalue weighted by Gasteiger charge is -2.18. The topological polar surface area (TPSA) is 24.9 Å². The highest BCUT2D eigenvalue weighted by atomic mass is 35.5. The van der Waals surface area contributed by atoms with Crippen molar-refractivity contribution >= 4 is 22.9 Å². The Balaban J connectivity index is 2.33. The zero-order valence-corrected chi connectivity index (χ0v) is 12.2. The van der Waals surface area contributed by atoms with Gasteiger partial charge in [-0.2, -0.15) is 0 Å². The molecular weight excluding hydrogens is 264 g/mol. The molecule has 2 aromatic rings. The van der Waals surface area contributed by atoms with Crippen molar-refractivity contribution in [2.45, 2.75) is 26.3 Å². The largest absolute Gasteiger partial charge is 0.306 e. The standard InChI is InChI=1S/C14H17ClN2S/c1-3-7-17-14(13-5-4-10(2)18-13)11-6-8-16-9-12(11)15/h4-6,8-9,14,17H,3,7H2,1-2H3. The van der Waals surface area contributed by atoms with Gasteiger partial charge in [-0.15, -0.1) is 11.3 Å². The number of rotatable bonds is 5. The van der Waals surface area contributed by atoms with Gasteiger partial charge in [0.2, 0.25) is 0 Å². The Labute approximate surface area is 117 Å². The normalized spacial score (nSPS) is 12.6. The van der Waals surface area contributed by atoms with Crippen LogP contribution >= 0.6 is 22.9 Å². The van der Waals surface area contributed by atoms with E-state index in [0.29, 0.717) is 0 Å². The van der Waals surface area contributed by atoms with E-state index in [9.17, 15) is 0 Å². The van der Waals surface area contributed by atoms with Gasteiger partial charge >= 0.3 is 0 Å². The Kier molecular flexibility index (Phi) is 4.75. The molecule has 18 heavy (non-hydrogen) atoms. The number of hydrogen-bond acceptors (Lipinski definition) is 3.